The van der Waals surface area contributed by atoms with Crippen LogP contribution in [-0.2, 0) is 0 Å². The molecule has 1 aliphatic heterocycles. The van der Waals surface area contributed by atoms with Gasteiger partial charge in [-0.1, -0.05) is 24.3 Å². The largest absolute Gasteiger partial charge is 0.507 e. The molecule has 0 aromatic heterocycles. The molecule has 1 unspecified atom stereocenters. The summed E-state index contributed by atoms with van der Waals surface area (Å²) in [6.45, 7) is 0.335. The maximum absolute atomic E-state index is 11.3. The molecule has 98 valence electrons. The van der Waals surface area contributed by atoms with E-state index < -0.39 is 6.09 Å². The molecule has 0 spiro atoms. The van der Waals surface area contributed by atoms with E-state index in [1.807, 2.05) is 24.3 Å². The van der Waals surface area contributed by atoms with Gasteiger partial charge in [-0.2, -0.15) is 0 Å². The number of alkyl halides is 1. The maximum atomic E-state index is 11.3. The van der Waals surface area contributed by atoms with E-state index in [2.05, 4.69) is 0 Å². The molecule has 0 radical (unpaired) electrons. The first-order valence-electron chi connectivity index (χ1n) is 5.94. The van der Waals surface area contributed by atoms with Crippen molar-refractivity contribution >= 4 is 34.2 Å². The van der Waals surface area contributed by atoms with Crippen LogP contribution in [0.15, 0.2) is 30.3 Å². The average Bonchev–Trinajstić information content (AvgIpc) is 2.78. The van der Waals surface area contributed by atoms with Crippen LogP contribution in [0.1, 0.15) is 11.5 Å². The Morgan fingerprint density at radius 1 is 1.37 bits per heavy atom. The minimum Gasteiger partial charge on any atom is -0.507 e. The van der Waals surface area contributed by atoms with Crippen LogP contribution in [-0.4, -0.2) is 28.7 Å². The highest BCUT2D eigenvalue weighted by Crippen LogP contribution is 2.44. The minimum atomic E-state index is -1.02. The number of halogens is 1. The third-order valence-electron chi connectivity index (χ3n) is 3.56. The number of phenols is 1. The zero-order valence-corrected chi connectivity index (χ0v) is 10.8. The van der Waals surface area contributed by atoms with Crippen LogP contribution in [0, 0.1) is 0 Å². The summed E-state index contributed by atoms with van der Waals surface area (Å²) in [6.07, 6.45) is -1.02. The molecule has 2 N–H and O–H groups in total. The molecular weight excluding hydrogens is 266 g/mol. The van der Waals surface area contributed by atoms with Crippen molar-refractivity contribution in [2.24, 2.45) is 0 Å². The van der Waals surface area contributed by atoms with Crippen LogP contribution >= 0.6 is 11.6 Å². The van der Waals surface area contributed by atoms with Gasteiger partial charge in [0.1, 0.15) is 5.75 Å². The van der Waals surface area contributed by atoms with E-state index in [1.54, 1.807) is 0 Å². The van der Waals surface area contributed by atoms with Crippen LogP contribution in [0.3, 0.4) is 0 Å². The number of anilines is 1. The van der Waals surface area contributed by atoms with Crippen LogP contribution in [0.5, 0.6) is 5.75 Å². The van der Waals surface area contributed by atoms with Crippen LogP contribution < -0.4 is 4.90 Å². The lowest BCUT2D eigenvalue weighted by Gasteiger charge is -2.14. The number of rotatable bonds is 1. The van der Waals surface area contributed by atoms with Crippen molar-refractivity contribution in [1.29, 1.82) is 0 Å². The second kappa shape index (κ2) is 4.31. The number of nitrogens with zero attached hydrogens (tertiary/aromatic N) is 1. The molecule has 1 heterocycles. The lowest BCUT2D eigenvalue weighted by Crippen LogP contribution is -2.28. The smallest absolute Gasteiger partial charge is 0.411 e. The standard InChI is InChI=1S/C14H12ClNO3/c15-6-8-7-16(14(18)19)11-5-12(17)9-3-1-2-4-10(9)13(8)11/h1-5,8,17H,6-7H2,(H,18,19). The fourth-order valence-corrected chi connectivity index (χ4v) is 2.99. The number of hydrogen-bond acceptors (Lipinski definition) is 2. The van der Waals surface area contributed by atoms with Crippen molar-refractivity contribution in [3.05, 3.63) is 35.9 Å². The van der Waals surface area contributed by atoms with Gasteiger partial charge in [0.15, 0.2) is 0 Å². The van der Waals surface area contributed by atoms with Gasteiger partial charge in [-0.05, 0) is 10.9 Å². The summed E-state index contributed by atoms with van der Waals surface area (Å²) in [5, 5.41) is 20.9. The summed E-state index contributed by atoms with van der Waals surface area (Å²) in [4.78, 5) is 12.5. The molecule has 19 heavy (non-hydrogen) atoms. The molecule has 2 aromatic carbocycles. The molecule has 4 nitrogen and oxygen atoms in total. The Kier molecular flexibility index (Phi) is 2.75. The van der Waals surface area contributed by atoms with Gasteiger partial charge in [0.05, 0.1) is 5.69 Å². The van der Waals surface area contributed by atoms with E-state index in [-0.39, 0.29) is 11.7 Å². The number of amides is 1. The normalized spacial score (nSPS) is 17.7. The Labute approximate surface area is 114 Å². The van der Waals surface area contributed by atoms with Crippen molar-refractivity contribution < 1.29 is 15.0 Å². The summed E-state index contributed by atoms with van der Waals surface area (Å²) in [5.41, 5.74) is 1.44. The van der Waals surface area contributed by atoms with E-state index in [0.717, 1.165) is 16.3 Å². The monoisotopic (exact) mass is 277 g/mol. The van der Waals surface area contributed by atoms with E-state index in [4.69, 9.17) is 11.6 Å². The summed E-state index contributed by atoms with van der Waals surface area (Å²) in [6, 6.07) is 8.93. The summed E-state index contributed by atoms with van der Waals surface area (Å²) in [5.74, 6) is 0.403. The lowest BCUT2D eigenvalue weighted by atomic mass is 9.95. The highest BCUT2D eigenvalue weighted by molar-refractivity contribution is 6.19. The minimum absolute atomic E-state index is 0.0433. The van der Waals surface area contributed by atoms with Gasteiger partial charge in [0.2, 0.25) is 0 Å². The summed E-state index contributed by atoms with van der Waals surface area (Å²) < 4.78 is 0. The topological polar surface area (TPSA) is 60.8 Å². The quantitative estimate of drug-likeness (QED) is 0.786. The maximum Gasteiger partial charge on any atom is 0.411 e. The fourth-order valence-electron chi connectivity index (χ4n) is 2.73. The van der Waals surface area contributed by atoms with Crippen LogP contribution in [0.4, 0.5) is 10.5 Å². The van der Waals surface area contributed by atoms with Crippen molar-refractivity contribution in [3.63, 3.8) is 0 Å². The second-order valence-electron chi connectivity index (χ2n) is 4.62. The fraction of sp³-hybridized carbons (Fsp3) is 0.214. The van der Waals surface area contributed by atoms with Gasteiger partial charge < -0.3 is 10.2 Å². The Hall–Kier alpha value is -1.94. The van der Waals surface area contributed by atoms with Gasteiger partial charge in [0, 0.05) is 29.8 Å². The third kappa shape index (κ3) is 1.71. The zero-order valence-electron chi connectivity index (χ0n) is 10.0. The van der Waals surface area contributed by atoms with Crippen molar-refractivity contribution in [3.8, 4) is 5.75 Å². The van der Waals surface area contributed by atoms with Crippen molar-refractivity contribution in [1.82, 2.24) is 0 Å². The van der Waals surface area contributed by atoms with Crippen molar-refractivity contribution in [2.45, 2.75) is 5.92 Å². The number of benzene rings is 2. The molecule has 0 saturated heterocycles. The summed E-state index contributed by atoms with van der Waals surface area (Å²) >= 11 is 5.96. The molecule has 0 saturated carbocycles. The Morgan fingerprint density at radius 2 is 2.05 bits per heavy atom. The van der Waals surface area contributed by atoms with Gasteiger partial charge in [-0.25, -0.2) is 4.79 Å². The number of carboxylic acid groups (broad SMARTS) is 1. The highest BCUT2D eigenvalue weighted by Gasteiger charge is 2.34. The zero-order chi connectivity index (χ0) is 13.6. The summed E-state index contributed by atoms with van der Waals surface area (Å²) in [7, 11) is 0. The van der Waals surface area contributed by atoms with Gasteiger partial charge in [-0.15, -0.1) is 11.6 Å². The predicted octanol–water partition coefficient (Wildman–Crippen LogP) is 3.37. The first-order valence-corrected chi connectivity index (χ1v) is 6.48. The van der Waals surface area contributed by atoms with Crippen LogP contribution in [0.2, 0.25) is 0 Å². The van der Waals surface area contributed by atoms with Gasteiger partial charge in [0.25, 0.3) is 0 Å². The molecule has 2 aromatic rings. The van der Waals surface area contributed by atoms with Crippen LogP contribution in [0.25, 0.3) is 10.8 Å². The molecular formula is C14H12ClNO3. The van der Waals surface area contributed by atoms with Crippen molar-refractivity contribution in [2.75, 3.05) is 17.3 Å². The Bertz CT molecular complexity index is 671. The number of carbonyl (C=O) groups is 1. The second-order valence-corrected chi connectivity index (χ2v) is 4.93. The van der Waals surface area contributed by atoms with E-state index in [0.29, 0.717) is 18.1 Å². The molecule has 0 fully saturated rings. The lowest BCUT2D eigenvalue weighted by molar-refractivity contribution is 0.202. The van der Waals surface area contributed by atoms with E-state index >= 15 is 0 Å². The average molecular weight is 278 g/mol. The van der Waals surface area contributed by atoms with Gasteiger partial charge in [-0.3, -0.25) is 4.90 Å². The third-order valence-corrected chi connectivity index (χ3v) is 3.93. The Morgan fingerprint density at radius 3 is 2.68 bits per heavy atom. The molecule has 0 bridgehead atoms. The number of fused-ring (bicyclic) bond motifs is 3. The van der Waals surface area contributed by atoms with Gasteiger partial charge >= 0.3 is 6.09 Å². The molecule has 5 heteroatoms. The molecule has 1 atom stereocenters. The number of hydrogen-bond donors (Lipinski definition) is 2. The Balaban J connectivity index is 2.34. The van der Waals surface area contributed by atoms with E-state index in [9.17, 15) is 15.0 Å². The highest BCUT2D eigenvalue weighted by atomic mass is 35.5. The molecule has 3 rings (SSSR count). The first-order chi connectivity index (χ1) is 9.13. The molecule has 1 amide bonds. The number of aromatic hydroxyl groups is 1. The van der Waals surface area contributed by atoms with E-state index in [1.165, 1.54) is 11.0 Å². The molecule has 1 aliphatic rings. The predicted molar refractivity (Wildman–Crippen MR) is 74.4 cm³/mol. The molecule has 0 aliphatic carbocycles. The first kappa shape index (κ1) is 12.1. The number of phenolic OH excluding ortho intramolecular Hbond substituents is 1. The SMILES string of the molecule is O=C(O)N1CC(CCl)c2c1cc(O)c1ccccc21.